The Bertz CT molecular complexity index is 466. The second kappa shape index (κ2) is 5.34. The van der Waals surface area contributed by atoms with Crippen LogP contribution in [-0.4, -0.2) is 16.9 Å². The summed E-state index contributed by atoms with van der Waals surface area (Å²) in [6.07, 6.45) is 0. The molecule has 0 bridgehead atoms. The normalized spacial score (nSPS) is 14.1. The van der Waals surface area contributed by atoms with Crippen LogP contribution in [0.2, 0.25) is 0 Å². The van der Waals surface area contributed by atoms with E-state index in [1.54, 1.807) is 13.8 Å². The van der Waals surface area contributed by atoms with Gasteiger partial charge in [0.2, 0.25) is 0 Å². The number of aryl methyl sites for hydroxylation is 3. The average Bonchev–Trinajstić information content (AvgIpc) is 2.25. The number of aliphatic carboxylic acids is 1. The minimum atomic E-state index is -0.932. The van der Waals surface area contributed by atoms with Gasteiger partial charge < -0.3 is 5.11 Å². The van der Waals surface area contributed by atoms with Gasteiger partial charge >= 0.3 is 5.97 Å². The number of carboxylic acid groups (broad SMARTS) is 1. The number of carbonyl (C=O) groups is 2. The van der Waals surface area contributed by atoms with Crippen molar-refractivity contribution in [3.63, 3.8) is 0 Å². The van der Waals surface area contributed by atoms with Gasteiger partial charge in [-0.3, -0.25) is 9.59 Å². The molecule has 0 aliphatic rings. The smallest absolute Gasteiger partial charge is 0.306 e. The fourth-order valence-corrected chi connectivity index (χ4v) is 2.24. The van der Waals surface area contributed by atoms with Gasteiger partial charge in [-0.2, -0.15) is 0 Å². The lowest BCUT2D eigenvalue weighted by Crippen LogP contribution is -2.26. The standard InChI is InChI=1S/C15H20O3/c1-8-6-9(2)13(10(3)7-8)14(16)11(4)12(5)15(17)18/h6-7,11-12H,1-5H3,(H,17,18). The number of hydrogen-bond acceptors (Lipinski definition) is 2. The zero-order chi connectivity index (χ0) is 14.0. The Labute approximate surface area is 108 Å². The molecule has 3 heteroatoms. The molecule has 2 atom stereocenters. The highest BCUT2D eigenvalue weighted by atomic mass is 16.4. The van der Waals surface area contributed by atoms with E-state index in [1.165, 1.54) is 0 Å². The van der Waals surface area contributed by atoms with Crippen LogP contribution in [0, 0.1) is 32.6 Å². The maximum atomic E-state index is 12.4. The summed E-state index contributed by atoms with van der Waals surface area (Å²) >= 11 is 0. The van der Waals surface area contributed by atoms with Crippen LogP contribution in [0.5, 0.6) is 0 Å². The largest absolute Gasteiger partial charge is 0.481 e. The van der Waals surface area contributed by atoms with Crippen molar-refractivity contribution in [3.05, 3.63) is 34.4 Å². The van der Waals surface area contributed by atoms with Crippen LogP contribution in [0.4, 0.5) is 0 Å². The van der Waals surface area contributed by atoms with Gasteiger partial charge in [-0.05, 0) is 31.9 Å². The third-order valence-corrected chi connectivity index (χ3v) is 3.48. The van der Waals surface area contributed by atoms with E-state index < -0.39 is 17.8 Å². The maximum absolute atomic E-state index is 12.4. The fourth-order valence-electron chi connectivity index (χ4n) is 2.24. The van der Waals surface area contributed by atoms with Crippen LogP contribution in [0.3, 0.4) is 0 Å². The Morgan fingerprint density at radius 1 is 1.00 bits per heavy atom. The topological polar surface area (TPSA) is 54.4 Å². The van der Waals surface area contributed by atoms with Gasteiger partial charge in [-0.25, -0.2) is 0 Å². The third-order valence-electron chi connectivity index (χ3n) is 3.48. The van der Waals surface area contributed by atoms with Crippen molar-refractivity contribution >= 4 is 11.8 Å². The molecule has 0 fully saturated rings. The van der Waals surface area contributed by atoms with Gasteiger partial charge in [0.1, 0.15) is 0 Å². The summed E-state index contributed by atoms with van der Waals surface area (Å²) < 4.78 is 0. The van der Waals surface area contributed by atoms with Gasteiger partial charge in [0.25, 0.3) is 0 Å². The van der Waals surface area contributed by atoms with Crippen molar-refractivity contribution in [1.82, 2.24) is 0 Å². The molecule has 0 amide bonds. The Balaban J connectivity index is 3.16. The van der Waals surface area contributed by atoms with E-state index in [2.05, 4.69) is 0 Å². The van der Waals surface area contributed by atoms with Crippen molar-refractivity contribution in [2.45, 2.75) is 34.6 Å². The van der Waals surface area contributed by atoms with Gasteiger partial charge in [-0.1, -0.05) is 31.5 Å². The molecule has 1 N–H and O–H groups in total. The van der Waals surface area contributed by atoms with Crippen LogP contribution in [0.1, 0.15) is 40.9 Å². The maximum Gasteiger partial charge on any atom is 0.306 e. The molecule has 0 aliphatic heterocycles. The van der Waals surface area contributed by atoms with E-state index >= 15 is 0 Å². The van der Waals surface area contributed by atoms with Crippen molar-refractivity contribution < 1.29 is 14.7 Å². The second-order valence-corrected chi connectivity index (χ2v) is 5.05. The van der Waals surface area contributed by atoms with E-state index in [-0.39, 0.29) is 5.78 Å². The average molecular weight is 248 g/mol. The van der Waals surface area contributed by atoms with Crippen LogP contribution in [-0.2, 0) is 4.79 Å². The molecule has 98 valence electrons. The molecule has 0 saturated carbocycles. The highest BCUT2D eigenvalue weighted by Crippen LogP contribution is 2.23. The highest BCUT2D eigenvalue weighted by molar-refractivity contribution is 6.02. The predicted molar refractivity (Wildman–Crippen MR) is 70.9 cm³/mol. The van der Waals surface area contributed by atoms with Crippen molar-refractivity contribution in [3.8, 4) is 0 Å². The van der Waals surface area contributed by atoms with Crippen molar-refractivity contribution in [2.24, 2.45) is 11.8 Å². The molecular formula is C15H20O3. The SMILES string of the molecule is Cc1cc(C)c(C(=O)C(C)C(C)C(=O)O)c(C)c1. The third kappa shape index (κ3) is 2.78. The molecule has 18 heavy (non-hydrogen) atoms. The quantitative estimate of drug-likeness (QED) is 0.833. The summed E-state index contributed by atoms with van der Waals surface area (Å²) in [5.74, 6) is -2.20. The highest BCUT2D eigenvalue weighted by Gasteiger charge is 2.28. The lowest BCUT2D eigenvalue weighted by Gasteiger charge is -2.18. The van der Waals surface area contributed by atoms with Crippen LogP contribution in [0.25, 0.3) is 0 Å². The summed E-state index contributed by atoms with van der Waals surface area (Å²) in [6.45, 7) is 9.03. The summed E-state index contributed by atoms with van der Waals surface area (Å²) in [5, 5.41) is 8.98. The first kappa shape index (κ1) is 14.4. The monoisotopic (exact) mass is 248 g/mol. The first-order valence-corrected chi connectivity index (χ1v) is 6.10. The molecule has 0 spiro atoms. The van der Waals surface area contributed by atoms with E-state index in [4.69, 9.17) is 5.11 Å². The Kier molecular flexibility index (Phi) is 4.28. The first-order chi connectivity index (χ1) is 8.25. The lowest BCUT2D eigenvalue weighted by molar-refractivity contribution is -0.142. The molecular weight excluding hydrogens is 228 g/mol. The Morgan fingerprint density at radius 2 is 1.44 bits per heavy atom. The molecule has 1 rings (SSSR count). The number of rotatable bonds is 4. The van der Waals surface area contributed by atoms with Gasteiger partial charge in [0.05, 0.1) is 5.92 Å². The number of Topliss-reactive ketones (excluding diaryl/α,β-unsaturated/α-hetero) is 1. The Hall–Kier alpha value is -1.64. The van der Waals surface area contributed by atoms with Crippen LogP contribution < -0.4 is 0 Å². The number of hydrogen-bond donors (Lipinski definition) is 1. The number of carboxylic acids is 1. The fraction of sp³-hybridized carbons (Fsp3) is 0.467. The van der Waals surface area contributed by atoms with Gasteiger partial charge in [0, 0.05) is 11.5 Å². The summed E-state index contributed by atoms with van der Waals surface area (Å²) in [7, 11) is 0. The lowest BCUT2D eigenvalue weighted by atomic mass is 9.85. The van der Waals surface area contributed by atoms with Crippen molar-refractivity contribution in [1.29, 1.82) is 0 Å². The summed E-state index contributed by atoms with van der Waals surface area (Å²) in [5.41, 5.74) is 3.62. The van der Waals surface area contributed by atoms with Crippen LogP contribution >= 0.6 is 0 Å². The zero-order valence-corrected chi connectivity index (χ0v) is 11.6. The molecule has 3 nitrogen and oxygen atoms in total. The summed E-state index contributed by atoms with van der Waals surface area (Å²) in [4.78, 5) is 23.3. The predicted octanol–water partition coefficient (Wildman–Crippen LogP) is 3.15. The van der Waals surface area contributed by atoms with Crippen molar-refractivity contribution in [2.75, 3.05) is 0 Å². The van der Waals surface area contributed by atoms with E-state index in [1.807, 2.05) is 32.9 Å². The number of carbonyl (C=O) groups excluding carboxylic acids is 1. The molecule has 0 heterocycles. The van der Waals surface area contributed by atoms with E-state index in [9.17, 15) is 9.59 Å². The zero-order valence-electron chi connectivity index (χ0n) is 11.6. The van der Waals surface area contributed by atoms with Gasteiger partial charge in [0.15, 0.2) is 5.78 Å². The molecule has 0 aromatic heterocycles. The van der Waals surface area contributed by atoms with Crippen LogP contribution in [0.15, 0.2) is 12.1 Å². The molecule has 0 radical (unpaired) electrons. The second-order valence-electron chi connectivity index (χ2n) is 5.05. The molecule has 1 aromatic carbocycles. The van der Waals surface area contributed by atoms with E-state index in [0.29, 0.717) is 5.56 Å². The van der Waals surface area contributed by atoms with Gasteiger partial charge in [-0.15, -0.1) is 0 Å². The Morgan fingerprint density at radius 3 is 1.83 bits per heavy atom. The first-order valence-electron chi connectivity index (χ1n) is 6.10. The molecule has 0 aliphatic carbocycles. The van der Waals surface area contributed by atoms with E-state index in [0.717, 1.165) is 16.7 Å². The molecule has 1 aromatic rings. The minimum absolute atomic E-state index is 0.0834. The summed E-state index contributed by atoms with van der Waals surface area (Å²) in [6, 6.07) is 3.91. The molecule has 2 unspecified atom stereocenters. The number of ketones is 1. The number of benzene rings is 1. The minimum Gasteiger partial charge on any atom is -0.481 e. The molecule has 0 saturated heterocycles.